The number of anilines is 1. The lowest BCUT2D eigenvalue weighted by Gasteiger charge is -2.38. The Hall–Kier alpha value is -3.77. The van der Waals surface area contributed by atoms with E-state index in [1.54, 1.807) is 30.3 Å². The molecular formula is C26H29FN3O9P. The standard InChI is InChI=1S/C26H29FN3O9P/c1-26(2)25(31)30(14-38-40(32,33)34)19-9-15(6-7-20(19)39-26)8-18-17(27)13-28-23(29-18)12-16-10-21(35-3)24(37-5)22(11-16)36-4/h6-7,9-11,13H,8,12,14H2,1-5H3,(H2,32,33,34). The summed E-state index contributed by atoms with van der Waals surface area (Å²) in [7, 11) is -0.346. The molecule has 2 N–H and O–H groups in total. The van der Waals surface area contributed by atoms with Crippen LogP contribution in [0, 0.1) is 5.82 Å². The average Bonchev–Trinajstić information content (AvgIpc) is 2.89. The van der Waals surface area contributed by atoms with Crippen molar-refractivity contribution in [2.24, 2.45) is 0 Å². The van der Waals surface area contributed by atoms with E-state index in [0.717, 1.165) is 16.7 Å². The van der Waals surface area contributed by atoms with Gasteiger partial charge >= 0.3 is 7.82 Å². The van der Waals surface area contributed by atoms with Crippen molar-refractivity contribution in [2.45, 2.75) is 32.3 Å². The second-order valence-electron chi connectivity index (χ2n) is 9.36. The first-order valence-corrected chi connectivity index (χ1v) is 13.5. The van der Waals surface area contributed by atoms with E-state index in [1.165, 1.54) is 35.2 Å². The van der Waals surface area contributed by atoms with Crippen LogP contribution in [0.15, 0.2) is 36.5 Å². The van der Waals surface area contributed by atoms with Gasteiger partial charge < -0.3 is 28.7 Å². The van der Waals surface area contributed by atoms with Crippen molar-refractivity contribution in [3.63, 3.8) is 0 Å². The zero-order valence-corrected chi connectivity index (χ0v) is 23.4. The van der Waals surface area contributed by atoms with Crippen LogP contribution in [-0.4, -0.2) is 59.3 Å². The van der Waals surface area contributed by atoms with Crippen molar-refractivity contribution in [1.29, 1.82) is 0 Å². The molecule has 0 bridgehead atoms. The molecule has 1 aliphatic heterocycles. The van der Waals surface area contributed by atoms with Crippen LogP contribution in [0.1, 0.15) is 36.5 Å². The maximum Gasteiger partial charge on any atom is 0.471 e. The number of phosphoric acid groups is 1. The monoisotopic (exact) mass is 577 g/mol. The van der Waals surface area contributed by atoms with E-state index in [1.807, 2.05) is 0 Å². The Morgan fingerprint density at radius 3 is 2.30 bits per heavy atom. The number of carbonyl (C=O) groups is 1. The maximum atomic E-state index is 14.8. The molecule has 1 amide bonds. The van der Waals surface area contributed by atoms with Crippen molar-refractivity contribution < 1.29 is 47.0 Å². The zero-order valence-electron chi connectivity index (χ0n) is 22.5. The quantitative estimate of drug-likeness (QED) is 0.342. The van der Waals surface area contributed by atoms with Gasteiger partial charge in [-0.1, -0.05) is 6.07 Å². The smallest absolute Gasteiger partial charge is 0.471 e. The van der Waals surface area contributed by atoms with Gasteiger partial charge in [0.25, 0.3) is 5.91 Å². The fourth-order valence-electron chi connectivity index (χ4n) is 4.25. The first-order chi connectivity index (χ1) is 18.8. The molecule has 0 aliphatic carbocycles. The molecule has 1 aliphatic rings. The number of amides is 1. The summed E-state index contributed by atoms with van der Waals surface area (Å²) in [5.41, 5.74) is 0.348. The molecule has 1 aromatic heterocycles. The topological polar surface area (TPSA) is 150 Å². The van der Waals surface area contributed by atoms with Crippen molar-refractivity contribution in [2.75, 3.05) is 33.0 Å². The largest absolute Gasteiger partial charge is 0.493 e. The number of hydrogen-bond acceptors (Lipinski definition) is 9. The van der Waals surface area contributed by atoms with E-state index < -0.39 is 31.9 Å². The van der Waals surface area contributed by atoms with Crippen molar-refractivity contribution in [3.05, 3.63) is 65.0 Å². The highest BCUT2D eigenvalue weighted by Gasteiger charge is 2.41. The number of phosphoric ester groups is 1. The van der Waals surface area contributed by atoms with Crippen LogP contribution in [0.3, 0.4) is 0 Å². The summed E-state index contributed by atoms with van der Waals surface area (Å²) in [6.45, 7) is 2.36. The lowest BCUT2D eigenvalue weighted by molar-refractivity contribution is -0.133. The molecule has 3 aromatic rings. The number of nitrogens with zero attached hydrogens (tertiary/aromatic N) is 3. The molecule has 14 heteroatoms. The second-order valence-corrected chi connectivity index (χ2v) is 10.6. The van der Waals surface area contributed by atoms with E-state index in [-0.39, 0.29) is 24.2 Å². The lowest BCUT2D eigenvalue weighted by Crippen LogP contribution is -2.53. The van der Waals surface area contributed by atoms with Gasteiger partial charge in [0.15, 0.2) is 22.9 Å². The van der Waals surface area contributed by atoms with Crippen LogP contribution >= 0.6 is 7.82 Å². The van der Waals surface area contributed by atoms with E-state index in [0.29, 0.717) is 34.4 Å². The number of fused-ring (bicyclic) bond motifs is 1. The first kappa shape index (κ1) is 29.2. The molecule has 0 atom stereocenters. The highest BCUT2D eigenvalue weighted by Crippen LogP contribution is 2.42. The molecule has 0 saturated heterocycles. The number of methoxy groups -OCH3 is 3. The highest BCUT2D eigenvalue weighted by molar-refractivity contribution is 7.46. The predicted molar refractivity (Wildman–Crippen MR) is 140 cm³/mol. The third-order valence-corrected chi connectivity index (χ3v) is 6.57. The van der Waals surface area contributed by atoms with E-state index in [2.05, 4.69) is 14.5 Å². The van der Waals surface area contributed by atoms with Crippen LogP contribution in [0.4, 0.5) is 10.1 Å². The van der Waals surface area contributed by atoms with Gasteiger partial charge in [0.05, 0.1) is 38.9 Å². The number of carbonyl (C=O) groups excluding carboxylic acids is 1. The minimum Gasteiger partial charge on any atom is -0.493 e. The summed E-state index contributed by atoms with van der Waals surface area (Å²) in [4.78, 5) is 40.9. The molecule has 40 heavy (non-hydrogen) atoms. The van der Waals surface area contributed by atoms with Gasteiger partial charge in [-0.15, -0.1) is 0 Å². The fourth-order valence-corrected chi connectivity index (χ4v) is 4.52. The predicted octanol–water partition coefficient (Wildman–Crippen LogP) is 3.39. The van der Waals surface area contributed by atoms with E-state index in [9.17, 15) is 13.8 Å². The van der Waals surface area contributed by atoms with E-state index in [4.69, 9.17) is 28.7 Å². The Morgan fingerprint density at radius 2 is 1.70 bits per heavy atom. The van der Waals surface area contributed by atoms with Crippen LogP contribution in [0.5, 0.6) is 23.0 Å². The molecule has 0 fully saturated rings. The SMILES string of the molecule is COc1cc(Cc2ncc(F)c(Cc3ccc4c(c3)N(COP(=O)(O)O)C(=O)C(C)(C)O4)n2)cc(OC)c1OC. The van der Waals surface area contributed by atoms with Crippen LogP contribution in [0.2, 0.25) is 0 Å². The molecule has 214 valence electrons. The highest BCUT2D eigenvalue weighted by atomic mass is 31.2. The fraction of sp³-hybridized carbons (Fsp3) is 0.346. The van der Waals surface area contributed by atoms with E-state index >= 15 is 0 Å². The summed E-state index contributed by atoms with van der Waals surface area (Å²) in [6, 6.07) is 8.35. The zero-order chi connectivity index (χ0) is 29.2. The maximum absolute atomic E-state index is 14.8. The van der Waals surface area contributed by atoms with Crippen molar-refractivity contribution in [1.82, 2.24) is 9.97 Å². The molecular weight excluding hydrogens is 548 g/mol. The number of ether oxygens (including phenoxy) is 4. The number of hydrogen-bond donors (Lipinski definition) is 2. The summed E-state index contributed by atoms with van der Waals surface area (Å²) in [5, 5.41) is 0. The molecule has 2 heterocycles. The molecule has 0 radical (unpaired) electrons. The van der Waals surface area contributed by atoms with Crippen LogP contribution in [0.25, 0.3) is 0 Å². The van der Waals surface area contributed by atoms with Gasteiger partial charge in [-0.3, -0.25) is 14.2 Å². The van der Waals surface area contributed by atoms with Crippen LogP contribution < -0.4 is 23.8 Å². The van der Waals surface area contributed by atoms with Gasteiger partial charge in [-0.25, -0.2) is 18.9 Å². The van der Waals surface area contributed by atoms with Gasteiger partial charge in [0.2, 0.25) is 5.75 Å². The molecule has 12 nitrogen and oxygen atoms in total. The van der Waals surface area contributed by atoms with Crippen molar-refractivity contribution >= 4 is 19.4 Å². The summed E-state index contributed by atoms with van der Waals surface area (Å²) in [5.74, 6) is 0.816. The molecule has 2 aromatic carbocycles. The molecule has 0 saturated carbocycles. The summed E-state index contributed by atoms with van der Waals surface area (Å²) in [6.07, 6.45) is 1.37. The lowest BCUT2D eigenvalue weighted by atomic mass is 10.0. The molecule has 0 spiro atoms. The van der Waals surface area contributed by atoms with Gasteiger partial charge in [0.1, 0.15) is 18.3 Å². The number of aromatic nitrogens is 2. The summed E-state index contributed by atoms with van der Waals surface area (Å²) < 4.78 is 52.6. The Balaban J connectivity index is 1.62. The normalized spacial score (nSPS) is 14.4. The third kappa shape index (κ3) is 6.34. The van der Waals surface area contributed by atoms with Gasteiger partial charge in [-0.05, 0) is 49.2 Å². The Kier molecular flexibility index (Phi) is 8.31. The Bertz CT molecular complexity index is 1450. The first-order valence-electron chi connectivity index (χ1n) is 12.0. The number of halogens is 1. The minimum atomic E-state index is -4.86. The average molecular weight is 578 g/mol. The Morgan fingerprint density at radius 1 is 1.02 bits per heavy atom. The third-order valence-electron chi connectivity index (χ3n) is 6.12. The van der Waals surface area contributed by atoms with Gasteiger partial charge in [0, 0.05) is 12.8 Å². The summed E-state index contributed by atoms with van der Waals surface area (Å²) >= 11 is 0. The molecule has 0 unspecified atom stereocenters. The number of benzene rings is 2. The van der Waals surface area contributed by atoms with Crippen molar-refractivity contribution in [3.8, 4) is 23.0 Å². The Labute approximate surface area is 229 Å². The second kappa shape index (κ2) is 11.4. The molecule has 4 rings (SSSR count). The van der Waals surface area contributed by atoms with Crippen LogP contribution in [-0.2, 0) is 26.7 Å². The van der Waals surface area contributed by atoms with Gasteiger partial charge in [-0.2, -0.15) is 0 Å². The number of rotatable bonds is 10. The minimum absolute atomic E-state index is 0.0364.